The molecule has 0 radical (unpaired) electrons. The molecule has 0 spiro atoms. The van der Waals surface area contributed by atoms with Crippen molar-refractivity contribution in [3.63, 3.8) is 0 Å². The molecule has 648 valence electrons. The minimum absolute atomic E-state index is 1.34. The molecule has 1 saturated heterocycles. The standard InChI is InChI=1S/C36H20F60O8Si4/c1-105(97-5-9(37,38)13(45,46)17(53,54)21(61,62)25(69,70)29(77,78)33(85,86)87)101-106(2,98-6-10(39,40)14(47,48)18(55,56)22(63,64)26(71,72)30(79,80)34(88,89)90)103-108(4,100-8-12(43,44)16(51,52)20(59,60)24(67,68)28(75,76)32(83,84)36(94,95)96)104-107(3,102-105)99-7-11(41,42)15(49,50)19(57,58)23(65,66)27(73,74)31(81,82)35(91,92)93/h5-8H2,1-4H3. The highest BCUT2D eigenvalue weighted by molar-refractivity contribution is 6.88. The van der Waals surface area contributed by atoms with Crippen LogP contribution in [0.15, 0.2) is 0 Å². The van der Waals surface area contributed by atoms with Crippen molar-refractivity contribution < 1.29 is 298 Å². The quantitative estimate of drug-likeness (QED) is 0.0487. The van der Waals surface area contributed by atoms with Crippen molar-refractivity contribution in [3.05, 3.63) is 0 Å². The lowest BCUT2D eigenvalue weighted by molar-refractivity contribution is -0.453. The summed E-state index contributed by atoms with van der Waals surface area (Å²) in [6.45, 7) is -25.4. The van der Waals surface area contributed by atoms with Gasteiger partial charge in [-0.1, -0.05) is 0 Å². The van der Waals surface area contributed by atoms with E-state index in [0.717, 1.165) is 0 Å². The Bertz CT molecular complexity index is 2730. The minimum Gasteiger partial charge on any atom is -0.373 e. The van der Waals surface area contributed by atoms with Crippen LogP contribution in [0, 0.1) is 0 Å². The molecular formula is C36H20F60O8Si4. The summed E-state index contributed by atoms with van der Waals surface area (Å²) in [5.74, 6) is -220. The van der Waals surface area contributed by atoms with Crippen LogP contribution in [0.2, 0.25) is 26.2 Å². The average Bonchev–Trinajstić information content (AvgIpc) is 0.716. The smallest absolute Gasteiger partial charge is 0.373 e. The Morgan fingerprint density at radius 2 is 0.231 bits per heavy atom. The van der Waals surface area contributed by atoms with Gasteiger partial charge >= 0.3 is 202 Å². The predicted octanol–water partition coefficient (Wildman–Crippen LogP) is 19.9. The highest BCUT2D eigenvalue weighted by Gasteiger charge is 2.98. The molecule has 8 nitrogen and oxygen atoms in total. The van der Waals surface area contributed by atoms with E-state index in [4.69, 9.17) is 0 Å². The van der Waals surface area contributed by atoms with Crippen LogP contribution in [-0.2, 0) is 34.2 Å². The zero-order valence-corrected chi connectivity index (χ0v) is 52.8. The molecule has 1 heterocycles. The molecule has 0 atom stereocenters. The summed E-state index contributed by atoms with van der Waals surface area (Å²) in [6.07, 6.45) is -34.0. The lowest BCUT2D eigenvalue weighted by Gasteiger charge is -2.48. The van der Waals surface area contributed by atoms with Crippen molar-refractivity contribution in [1.82, 2.24) is 0 Å². The zero-order valence-electron chi connectivity index (χ0n) is 48.8. The van der Waals surface area contributed by atoms with Crippen molar-refractivity contribution in [3.8, 4) is 0 Å². The molecule has 0 aromatic carbocycles. The Morgan fingerprint density at radius 3 is 0.324 bits per heavy atom. The molecule has 0 unspecified atom stereocenters. The number of hydrogen-bond acceptors (Lipinski definition) is 8. The largest absolute Gasteiger partial charge is 0.483 e. The molecule has 0 bridgehead atoms. The zero-order chi connectivity index (χ0) is 88.5. The first-order valence-corrected chi connectivity index (χ1v) is 33.3. The fourth-order valence-corrected chi connectivity index (χ4v) is 23.5. The predicted molar refractivity (Wildman–Crippen MR) is 218 cm³/mol. The lowest BCUT2D eigenvalue weighted by atomic mass is 9.91. The second kappa shape index (κ2) is 27.0. The Hall–Kier alpha value is -3.65. The van der Waals surface area contributed by atoms with E-state index in [9.17, 15) is 228 Å². The normalized spacial score (nSPS) is 23.1. The second-order valence-corrected chi connectivity index (χ2v) is 32.6. The van der Waals surface area contributed by atoms with Crippen molar-refractivity contribution >= 4 is 35.2 Å². The van der Waals surface area contributed by atoms with Crippen molar-refractivity contribution in [2.45, 2.75) is 193 Å². The summed E-state index contributed by atoms with van der Waals surface area (Å²) in [5, 5.41) is 0. The van der Waals surface area contributed by atoms with Gasteiger partial charge in [0.1, 0.15) is 26.4 Å². The van der Waals surface area contributed by atoms with Gasteiger partial charge in [0.15, 0.2) is 0 Å². The first-order valence-electron chi connectivity index (χ1n) is 24.4. The molecule has 0 saturated carbocycles. The van der Waals surface area contributed by atoms with E-state index in [1.54, 1.807) is 0 Å². The first-order chi connectivity index (χ1) is 45.7. The van der Waals surface area contributed by atoms with Gasteiger partial charge in [0, 0.05) is 26.2 Å². The Labute approximate surface area is 552 Å². The van der Waals surface area contributed by atoms with Gasteiger partial charge in [0.25, 0.3) is 0 Å². The molecule has 108 heavy (non-hydrogen) atoms. The molecule has 1 aliphatic rings. The van der Waals surface area contributed by atoms with Crippen LogP contribution in [0.1, 0.15) is 0 Å². The van der Waals surface area contributed by atoms with Gasteiger partial charge in [-0.2, -0.15) is 263 Å². The monoisotopic (exact) mass is 1830 g/mol. The number of alkyl halides is 60. The summed E-state index contributed by atoms with van der Waals surface area (Å²) < 4.78 is 873. The number of hydrogen-bond donors (Lipinski definition) is 0. The molecule has 0 N–H and O–H groups in total. The number of rotatable bonds is 32. The van der Waals surface area contributed by atoms with E-state index >= 15 is 35.1 Å². The molecule has 1 fully saturated rings. The van der Waals surface area contributed by atoms with E-state index in [1.165, 1.54) is 0 Å². The summed E-state index contributed by atoms with van der Waals surface area (Å²) in [5.41, 5.74) is 0. The molecule has 1 rings (SSSR count). The van der Waals surface area contributed by atoms with E-state index in [2.05, 4.69) is 34.2 Å². The topological polar surface area (TPSA) is 73.8 Å². The van der Waals surface area contributed by atoms with Crippen LogP contribution >= 0.6 is 0 Å². The summed E-state index contributed by atoms with van der Waals surface area (Å²) in [4.78, 5) is 0. The maximum absolute atomic E-state index is 15.3. The van der Waals surface area contributed by atoms with Crippen LogP contribution in [0.25, 0.3) is 0 Å². The molecule has 1 aliphatic heterocycles. The summed E-state index contributed by atoms with van der Waals surface area (Å²) >= 11 is 0. The lowest BCUT2D eigenvalue weighted by Crippen LogP contribution is -2.75. The molecular weight excluding hydrogens is 1810 g/mol. The van der Waals surface area contributed by atoms with Gasteiger partial charge in [-0.05, 0) is 0 Å². The van der Waals surface area contributed by atoms with E-state index in [0.29, 0.717) is 0 Å². The van der Waals surface area contributed by atoms with Crippen LogP contribution in [-0.4, -0.2) is 228 Å². The highest BCUT2D eigenvalue weighted by Crippen LogP contribution is 2.68. The van der Waals surface area contributed by atoms with Gasteiger partial charge in [0.05, 0.1) is 0 Å². The molecule has 0 aromatic heterocycles. The summed E-state index contributed by atoms with van der Waals surface area (Å²) in [7, 11) is -33.5. The average molecular weight is 1830 g/mol. The third-order valence-electron chi connectivity index (χ3n) is 13.1. The van der Waals surface area contributed by atoms with Crippen molar-refractivity contribution in [2.75, 3.05) is 26.4 Å². The van der Waals surface area contributed by atoms with Crippen LogP contribution in [0.5, 0.6) is 0 Å². The van der Waals surface area contributed by atoms with Crippen LogP contribution in [0.4, 0.5) is 263 Å². The van der Waals surface area contributed by atoms with Crippen LogP contribution < -0.4 is 0 Å². The van der Waals surface area contributed by atoms with Gasteiger partial charge in [-0.3, -0.25) is 0 Å². The van der Waals surface area contributed by atoms with Gasteiger partial charge < -0.3 is 34.2 Å². The molecule has 0 aliphatic carbocycles. The van der Waals surface area contributed by atoms with Gasteiger partial charge in [-0.15, -0.1) is 0 Å². The Balaban J connectivity index is 5.00. The number of halogens is 60. The van der Waals surface area contributed by atoms with Gasteiger partial charge in [-0.25, -0.2) is 0 Å². The third-order valence-corrected chi connectivity index (χ3v) is 27.7. The SMILES string of the molecule is C[Si]1(OCC(F)(F)C(F)(F)C(F)(F)C(F)(F)C(F)(F)C(F)(F)C(F)(F)F)O[Si](C)(OCC(F)(F)C(F)(F)C(F)(F)C(F)(F)C(F)(F)C(F)(F)C(F)(F)F)O[Si](C)(OCC(F)(F)C(F)(F)C(F)(F)C(F)(F)C(F)(F)C(F)(F)C(F)(F)F)O[Si](C)(OCC(F)(F)C(F)(F)C(F)(F)C(F)(F)C(F)(F)C(F)(F)C(F)(F)F)O1. The fraction of sp³-hybridized carbons (Fsp3) is 1.00. The van der Waals surface area contributed by atoms with Crippen LogP contribution in [0.3, 0.4) is 0 Å². The Kier molecular flexibility index (Phi) is 25.6. The highest BCUT2D eigenvalue weighted by atomic mass is 28.6. The second-order valence-electron chi connectivity index (χ2n) is 21.3. The van der Waals surface area contributed by atoms with Gasteiger partial charge in [0.2, 0.25) is 0 Å². The molecule has 72 heteroatoms. The third kappa shape index (κ3) is 15.0. The Morgan fingerprint density at radius 1 is 0.148 bits per heavy atom. The molecule has 0 aromatic rings. The maximum atomic E-state index is 15.3. The van der Waals surface area contributed by atoms with Crippen molar-refractivity contribution in [1.29, 1.82) is 0 Å². The molecule has 0 amide bonds. The maximum Gasteiger partial charge on any atom is 0.483 e. The first kappa shape index (κ1) is 102. The van der Waals surface area contributed by atoms with Crippen molar-refractivity contribution in [2.24, 2.45) is 0 Å². The van der Waals surface area contributed by atoms with E-state index in [1.807, 2.05) is 0 Å². The van der Waals surface area contributed by atoms with E-state index in [-0.39, 0.29) is 0 Å². The summed E-state index contributed by atoms with van der Waals surface area (Å²) in [6, 6.07) is 0. The van der Waals surface area contributed by atoms with E-state index < -0.39 is 255 Å². The fourth-order valence-electron chi connectivity index (χ4n) is 6.91. The minimum atomic E-state index is -9.55.